The van der Waals surface area contributed by atoms with Gasteiger partial charge in [0, 0.05) is 5.69 Å². The Labute approximate surface area is 123 Å². The minimum Gasteiger partial charge on any atom is -0.321 e. The molecule has 0 bridgehead atoms. The van der Waals surface area contributed by atoms with Crippen LogP contribution in [0.5, 0.6) is 0 Å². The lowest BCUT2D eigenvalue weighted by Crippen LogP contribution is -2.14. The van der Waals surface area contributed by atoms with Crippen LogP contribution in [0.3, 0.4) is 0 Å². The van der Waals surface area contributed by atoms with Crippen molar-refractivity contribution >= 4 is 23.2 Å². The van der Waals surface area contributed by atoms with E-state index in [4.69, 9.17) is 11.6 Å². The number of rotatable bonds is 3. The first kappa shape index (κ1) is 13.1. The summed E-state index contributed by atoms with van der Waals surface area (Å²) in [5.41, 5.74) is 1.48. The number of carbonyl (C=O) groups excluding carboxylic acids is 1. The first-order chi connectivity index (χ1) is 10.2. The molecule has 0 radical (unpaired) electrons. The molecule has 0 unspecified atom stereocenters. The van der Waals surface area contributed by atoms with Crippen LogP contribution < -0.4 is 5.32 Å². The van der Waals surface area contributed by atoms with E-state index in [2.05, 4.69) is 30.8 Å². The second kappa shape index (κ2) is 5.63. The molecule has 0 aliphatic rings. The van der Waals surface area contributed by atoms with E-state index in [1.54, 1.807) is 18.2 Å². The Hall–Kier alpha value is -2.87. The van der Waals surface area contributed by atoms with Crippen LogP contribution in [0.25, 0.3) is 5.69 Å². The quantitative estimate of drug-likeness (QED) is 0.784. The van der Waals surface area contributed by atoms with Gasteiger partial charge in [0.05, 0.1) is 18.1 Å². The summed E-state index contributed by atoms with van der Waals surface area (Å²) < 4.78 is 1.48. The summed E-state index contributed by atoms with van der Waals surface area (Å²) in [7, 11) is 0. The largest absolute Gasteiger partial charge is 0.321 e. The van der Waals surface area contributed by atoms with Crippen LogP contribution in [-0.4, -0.2) is 36.1 Å². The summed E-state index contributed by atoms with van der Waals surface area (Å²) in [6.45, 7) is 0. The predicted octanol–water partition coefficient (Wildman–Crippen LogP) is 1.36. The van der Waals surface area contributed by atoms with Gasteiger partial charge in [0.25, 0.3) is 5.91 Å². The van der Waals surface area contributed by atoms with E-state index in [1.165, 1.54) is 23.4 Å². The number of hydrogen-bond donors (Lipinski definition) is 1. The molecule has 0 spiro atoms. The van der Waals surface area contributed by atoms with Crippen LogP contribution in [-0.2, 0) is 0 Å². The summed E-state index contributed by atoms with van der Waals surface area (Å²) in [4.78, 5) is 19.7. The highest BCUT2D eigenvalue weighted by Crippen LogP contribution is 2.14. The smallest absolute Gasteiger partial charge is 0.275 e. The molecule has 0 atom stereocenters. The van der Waals surface area contributed by atoms with Crippen molar-refractivity contribution < 1.29 is 4.79 Å². The summed E-state index contributed by atoms with van der Waals surface area (Å²) in [5, 5.41) is 13.8. The van der Waals surface area contributed by atoms with E-state index in [0.29, 0.717) is 5.69 Å². The third-order valence-electron chi connectivity index (χ3n) is 2.57. The van der Waals surface area contributed by atoms with E-state index >= 15 is 0 Å². The van der Waals surface area contributed by atoms with E-state index in [-0.39, 0.29) is 16.8 Å². The first-order valence-corrected chi connectivity index (χ1v) is 6.22. The number of amides is 1. The SMILES string of the molecule is O=C(Nc1cccc(-n2cnnn2)c1)c1cnc(Cl)cn1. The molecule has 21 heavy (non-hydrogen) atoms. The van der Waals surface area contributed by atoms with E-state index in [9.17, 15) is 4.79 Å². The molecule has 0 aliphatic heterocycles. The molecule has 0 saturated heterocycles. The van der Waals surface area contributed by atoms with Crippen molar-refractivity contribution in [1.29, 1.82) is 0 Å². The molecule has 3 aromatic rings. The minimum atomic E-state index is -0.381. The van der Waals surface area contributed by atoms with Crippen LogP contribution in [0, 0.1) is 0 Å². The topological polar surface area (TPSA) is 98.5 Å². The Kier molecular flexibility index (Phi) is 3.52. The summed E-state index contributed by atoms with van der Waals surface area (Å²) in [5.74, 6) is -0.381. The van der Waals surface area contributed by atoms with E-state index in [0.717, 1.165) is 5.69 Å². The Morgan fingerprint density at radius 1 is 1.24 bits per heavy atom. The Balaban J connectivity index is 1.80. The van der Waals surface area contributed by atoms with E-state index < -0.39 is 0 Å². The lowest BCUT2D eigenvalue weighted by molar-refractivity contribution is 0.102. The van der Waals surface area contributed by atoms with Crippen LogP contribution in [0.2, 0.25) is 5.15 Å². The monoisotopic (exact) mass is 301 g/mol. The Morgan fingerprint density at radius 3 is 2.86 bits per heavy atom. The Morgan fingerprint density at radius 2 is 2.14 bits per heavy atom. The van der Waals surface area contributed by atoms with Crippen molar-refractivity contribution in [3.63, 3.8) is 0 Å². The number of benzene rings is 1. The van der Waals surface area contributed by atoms with Crippen molar-refractivity contribution in [2.75, 3.05) is 5.32 Å². The molecule has 104 valence electrons. The fourth-order valence-electron chi connectivity index (χ4n) is 1.63. The number of hydrogen-bond acceptors (Lipinski definition) is 6. The normalized spacial score (nSPS) is 10.3. The third kappa shape index (κ3) is 3.00. The molecule has 3 rings (SSSR count). The van der Waals surface area contributed by atoms with Crippen LogP contribution >= 0.6 is 11.6 Å². The Bertz CT molecular complexity index is 758. The fraction of sp³-hybridized carbons (Fsp3) is 0. The minimum absolute atomic E-state index is 0.173. The van der Waals surface area contributed by atoms with Crippen LogP contribution in [0.1, 0.15) is 10.5 Å². The van der Waals surface area contributed by atoms with Crippen molar-refractivity contribution in [3.8, 4) is 5.69 Å². The highest BCUT2D eigenvalue weighted by Gasteiger charge is 2.09. The van der Waals surface area contributed by atoms with Gasteiger partial charge in [-0.15, -0.1) is 5.10 Å². The number of anilines is 1. The van der Waals surface area contributed by atoms with Gasteiger partial charge in [-0.2, -0.15) is 0 Å². The average molecular weight is 302 g/mol. The van der Waals surface area contributed by atoms with Gasteiger partial charge in [-0.1, -0.05) is 17.7 Å². The maximum Gasteiger partial charge on any atom is 0.275 e. The zero-order valence-electron chi connectivity index (χ0n) is 10.5. The second-order valence-electron chi connectivity index (χ2n) is 3.98. The maximum atomic E-state index is 12.0. The van der Waals surface area contributed by atoms with Crippen LogP contribution in [0.4, 0.5) is 5.69 Å². The highest BCUT2D eigenvalue weighted by atomic mass is 35.5. The number of halogens is 1. The van der Waals surface area contributed by atoms with Crippen molar-refractivity contribution in [2.45, 2.75) is 0 Å². The maximum absolute atomic E-state index is 12.0. The highest BCUT2D eigenvalue weighted by molar-refractivity contribution is 6.29. The molecule has 2 aromatic heterocycles. The zero-order valence-corrected chi connectivity index (χ0v) is 11.3. The molecular weight excluding hydrogens is 294 g/mol. The van der Waals surface area contributed by atoms with Crippen molar-refractivity contribution in [2.24, 2.45) is 0 Å². The third-order valence-corrected chi connectivity index (χ3v) is 2.77. The molecule has 1 amide bonds. The fourth-order valence-corrected chi connectivity index (χ4v) is 1.73. The number of tetrazole rings is 1. The summed E-state index contributed by atoms with van der Waals surface area (Å²) in [6.07, 6.45) is 4.09. The molecular formula is C12H8ClN7O. The van der Waals surface area contributed by atoms with Gasteiger partial charge < -0.3 is 5.32 Å². The molecule has 8 nitrogen and oxygen atoms in total. The molecule has 2 heterocycles. The molecule has 0 saturated carbocycles. The molecule has 9 heteroatoms. The number of nitrogens with one attached hydrogen (secondary N) is 1. The van der Waals surface area contributed by atoms with E-state index in [1.807, 2.05) is 6.07 Å². The second-order valence-corrected chi connectivity index (χ2v) is 4.37. The predicted molar refractivity (Wildman–Crippen MR) is 74.1 cm³/mol. The number of carbonyl (C=O) groups is 1. The molecule has 0 fully saturated rings. The van der Waals surface area contributed by atoms with Gasteiger partial charge >= 0.3 is 0 Å². The molecule has 1 N–H and O–H groups in total. The lowest BCUT2D eigenvalue weighted by Gasteiger charge is -2.06. The number of nitrogens with zero attached hydrogens (tertiary/aromatic N) is 6. The standard InChI is InChI=1S/C12H8ClN7O/c13-11-6-14-10(5-15-11)12(21)17-8-2-1-3-9(4-8)20-7-16-18-19-20/h1-7H,(H,17,21). The van der Waals surface area contributed by atoms with Crippen molar-refractivity contribution in [3.05, 3.63) is 53.8 Å². The van der Waals surface area contributed by atoms with Gasteiger partial charge in [0.2, 0.25) is 0 Å². The first-order valence-electron chi connectivity index (χ1n) is 5.85. The van der Waals surface area contributed by atoms with Gasteiger partial charge in [0.15, 0.2) is 0 Å². The zero-order chi connectivity index (χ0) is 14.7. The molecule has 1 aromatic carbocycles. The van der Waals surface area contributed by atoms with Crippen LogP contribution in [0.15, 0.2) is 43.0 Å². The van der Waals surface area contributed by atoms with Gasteiger partial charge in [0.1, 0.15) is 17.2 Å². The lowest BCUT2D eigenvalue weighted by atomic mass is 10.2. The summed E-state index contributed by atoms with van der Waals surface area (Å²) >= 11 is 5.63. The van der Waals surface area contributed by atoms with Gasteiger partial charge in [-0.05, 0) is 28.6 Å². The molecule has 0 aliphatic carbocycles. The van der Waals surface area contributed by atoms with Gasteiger partial charge in [-0.25, -0.2) is 14.6 Å². The average Bonchev–Trinajstić information content (AvgIpc) is 3.02. The van der Waals surface area contributed by atoms with Crippen molar-refractivity contribution in [1.82, 2.24) is 30.2 Å². The van der Waals surface area contributed by atoms with Gasteiger partial charge in [-0.3, -0.25) is 4.79 Å². The summed E-state index contributed by atoms with van der Waals surface area (Å²) in [6, 6.07) is 7.07. The number of aromatic nitrogens is 6.